The van der Waals surface area contributed by atoms with E-state index in [0.29, 0.717) is 37.3 Å². The van der Waals surface area contributed by atoms with Gasteiger partial charge >= 0.3 is 0 Å². The maximum Gasteiger partial charge on any atom is 0.274 e. The molecular formula is C12H19N5O. The van der Waals surface area contributed by atoms with Gasteiger partial charge in [-0.05, 0) is 13.3 Å². The number of hydrogen-bond donors (Lipinski definition) is 1. The lowest BCUT2D eigenvalue weighted by Gasteiger charge is -2.19. The number of hydrogen-bond acceptors (Lipinski definition) is 4. The molecule has 6 heteroatoms. The zero-order valence-electron chi connectivity index (χ0n) is 11.1. The molecule has 0 aromatic carbocycles. The zero-order chi connectivity index (χ0) is 13.7. The summed E-state index contributed by atoms with van der Waals surface area (Å²) in [5, 5.41) is 12.8. The van der Waals surface area contributed by atoms with Crippen LogP contribution in [0.25, 0.3) is 0 Å². The van der Waals surface area contributed by atoms with Crippen LogP contribution < -0.4 is 5.73 Å². The van der Waals surface area contributed by atoms with Crippen LogP contribution in [-0.2, 0) is 13.5 Å². The number of aryl methyl sites for hydroxylation is 2. The van der Waals surface area contributed by atoms with E-state index >= 15 is 0 Å². The lowest BCUT2D eigenvalue weighted by Crippen LogP contribution is -2.33. The van der Waals surface area contributed by atoms with Crippen molar-refractivity contribution < 1.29 is 4.79 Å². The molecule has 0 unspecified atom stereocenters. The van der Waals surface area contributed by atoms with E-state index in [2.05, 4.69) is 5.10 Å². The van der Waals surface area contributed by atoms with Gasteiger partial charge in [0, 0.05) is 20.1 Å². The average Bonchev–Trinajstić information content (AvgIpc) is 2.64. The summed E-state index contributed by atoms with van der Waals surface area (Å²) in [6, 6.07) is 2.04. The second-order valence-corrected chi connectivity index (χ2v) is 3.98. The largest absolute Gasteiger partial charge is 0.395 e. The molecule has 0 radical (unpaired) electrons. The Balaban J connectivity index is 3.02. The Morgan fingerprint density at radius 2 is 2.22 bits per heavy atom. The summed E-state index contributed by atoms with van der Waals surface area (Å²) in [6.07, 6.45) is 1.01. The molecule has 1 aromatic rings. The molecule has 1 heterocycles. The number of nitrogens with zero attached hydrogens (tertiary/aromatic N) is 4. The lowest BCUT2D eigenvalue weighted by atomic mass is 10.2. The first-order chi connectivity index (χ1) is 8.56. The molecule has 0 fully saturated rings. The van der Waals surface area contributed by atoms with E-state index in [1.54, 1.807) is 11.9 Å². The maximum absolute atomic E-state index is 12.3. The highest BCUT2D eigenvalue weighted by atomic mass is 16.2. The quantitative estimate of drug-likeness (QED) is 0.841. The van der Waals surface area contributed by atoms with Gasteiger partial charge in [0.2, 0.25) is 0 Å². The number of anilines is 1. The second kappa shape index (κ2) is 6.05. The molecule has 18 heavy (non-hydrogen) atoms. The third-order valence-corrected chi connectivity index (χ3v) is 2.86. The monoisotopic (exact) mass is 249 g/mol. The second-order valence-electron chi connectivity index (χ2n) is 3.98. The van der Waals surface area contributed by atoms with E-state index in [9.17, 15) is 4.79 Å². The van der Waals surface area contributed by atoms with Gasteiger partial charge < -0.3 is 10.6 Å². The van der Waals surface area contributed by atoms with Gasteiger partial charge in [0.25, 0.3) is 5.91 Å². The number of nitrogens with two attached hydrogens (primary N) is 1. The zero-order valence-corrected chi connectivity index (χ0v) is 11.1. The van der Waals surface area contributed by atoms with Crippen LogP contribution in [0.15, 0.2) is 0 Å². The van der Waals surface area contributed by atoms with Crippen LogP contribution in [0.4, 0.5) is 5.69 Å². The van der Waals surface area contributed by atoms with Crippen molar-refractivity contribution in [1.29, 1.82) is 5.26 Å². The Bertz CT molecular complexity index is 472. The maximum atomic E-state index is 12.3. The third-order valence-electron chi connectivity index (χ3n) is 2.86. The van der Waals surface area contributed by atoms with Gasteiger partial charge in [-0.3, -0.25) is 9.48 Å². The summed E-state index contributed by atoms with van der Waals surface area (Å²) in [6.45, 7) is 4.79. The molecule has 6 nitrogen and oxygen atoms in total. The molecule has 0 aliphatic carbocycles. The Morgan fingerprint density at radius 1 is 1.56 bits per heavy atom. The number of amides is 1. The summed E-state index contributed by atoms with van der Waals surface area (Å²) in [4.78, 5) is 13.9. The van der Waals surface area contributed by atoms with Crippen LogP contribution in [-0.4, -0.2) is 33.7 Å². The van der Waals surface area contributed by atoms with E-state index in [1.165, 1.54) is 4.68 Å². The van der Waals surface area contributed by atoms with Crippen LogP contribution in [0, 0.1) is 11.3 Å². The van der Waals surface area contributed by atoms with Gasteiger partial charge in [0.15, 0.2) is 0 Å². The Kier molecular flexibility index (Phi) is 4.72. The van der Waals surface area contributed by atoms with E-state index in [1.807, 2.05) is 19.9 Å². The fourth-order valence-corrected chi connectivity index (χ4v) is 1.85. The molecule has 1 rings (SSSR count). The molecule has 0 aliphatic rings. The fraction of sp³-hybridized carbons (Fsp3) is 0.583. The Labute approximate surface area is 107 Å². The molecule has 0 spiro atoms. The van der Waals surface area contributed by atoms with Gasteiger partial charge in [-0.15, -0.1) is 0 Å². The standard InChI is InChI=1S/C12H19N5O/c1-4-9-10(14)11(16(3)15-9)12(18)17(5-2)8-6-7-13/h4-6,8,14H2,1-3H3. The average molecular weight is 249 g/mol. The minimum atomic E-state index is -0.167. The molecule has 0 bridgehead atoms. The first-order valence-electron chi connectivity index (χ1n) is 6.04. The number of rotatable bonds is 5. The number of carbonyl (C=O) groups is 1. The van der Waals surface area contributed by atoms with E-state index in [-0.39, 0.29) is 5.91 Å². The summed E-state index contributed by atoms with van der Waals surface area (Å²) in [5.74, 6) is -0.167. The van der Waals surface area contributed by atoms with Crippen molar-refractivity contribution in [2.75, 3.05) is 18.8 Å². The predicted molar refractivity (Wildman–Crippen MR) is 68.8 cm³/mol. The van der Waals surface area contributed by atoms with Crippen LogP contribution in [0.5, 0.6) is 0 Å². The van der Waals surface area contributed by atoms with E-state index in [4.69, 9.17) is 11.0 Å². The highest BCUT2D eigenvalue weighted by molar-refractivity contribution is 5.98. The van der Waals surface area contributed by atoms with Crippen molar-refractivity contribution in [3.8, 4) is 6.07 Å². The van der Waals surface area contributed by atoms with Crippen LogP contribution in [0.2, 0.25) is 0 Å². The van der Waals surface area contributed by atoms with Gasteiger partial charge in [0.05, 0.1) is 23.9 Å². The van der Waals surface area contributed by atoms with Crippen molar-refractivity contribution in [2.24, 2.45) is 7.05 Å². The summed E-state index contributed by atoms with van der Waals surface area (Å²) < 4.78 is 1.52. The highest BCUT2D eigenvalue weighted by Crippen LogP contribution is 2.18. The Morgan fingerprint density at radius 3 is 2.67 bits per heavy atom. The smallest absolute Gasteiger partial charge is 0.274 e. The third kappa shape index (κ3) is 2.62. The number of aromatic nitrogens is 2. The van der Waals surface area contributed by atoms with Crippen molar-refractivity contribution in [3.63, 3.8) is 0 Å². The predicted octanol–water partition coefficient (Wildman–Crippen LogP) is 0.940. The van der Waals surface area contributed by atoms with Crippen molar-refractivity contribution in [3.05, 3.63) is 11.4 Å². The number of nitriles is 1. The van der Waals surface area contributed by atoms with Crippen LogP contribution in [0.3, 0.4) is 0 Å². The first-order valence-corrected chi connectivity index (χ1v) is 6.04. The van der Waals surface area contributed by atoms with Gasteiger partial charge in [-0.25, -0.2) is 0 Å². The fourth-order valence-electron chi connectivity index (χ4n) is 1.85. The Hall–Kier alpha value is -2.03. The topological polar surface area (TPSA) is 87.9 Å². The molecule has 98 valence electrons. The number of nitrogen functional groups attached to an aromatic ring is 1. The van der Waals surface area contributed by atoms with Gasteiger partial charge in [0.1, 0.15) is 5.69 Å². The minimum Gasteiger partial charge on any atom is -0.395 e. The molecule has 1 aromatic heterocycles. The van der Waals surface area contributed by atoms with E-state index in [0.717, 1.165) is 5.69 Å². The van der Waals surface area contributed by atoms with E-state index < -0.39 is 0 Å². The molecule has 0 aliphatic heterocycles. The summed E-state index contributed by atoms with van der Waals surface area (Å²) >= 11 is 0. The van der Waals surface area contributed by atoms with Gasteiger partial charge in [-0.1, -0.05) is 6.92 Å². The summed E-state index contributed by atoms with van der Waals surface area (Å²) in [7, 11) is 1.71. The highest BCUT2D eigenvalue weighted by Gasteiger charge is 2.23. The number of carbonyl (C=O) groups excluding carboxylic acids is 1. The SMILES string of the molecule is CCc1nn(C)c(C(=O)N(CC)CCC#N)c1N. The van der Waals surface area contributed by atoms with Gasteiger partial charge in [-0.2, -0.15) is 10.4 Å². The normalized spacial score (nSPS) is 10.1. The van der Waals surface area contributed by atoms with Crippen molar-refractivity contribution in [2.45, 2.75) is 26.7 Å². The molecule has 0 atom stereocenters. The van der Waals surface area contributed by atoms with Crippen LogP contribution in [0.1, 0.15) is 36.5 Å². The molecule has 0 saturated heterocycles. The summed E-state index contributed by atoms with van der Waals surface area (Å²) in [5.41, 5.74) is 7.53. The molecular weight excluding hydrogens is 230 g/mol. The molecule has 1 amide bonds. The van der Waals surface area contributed by atoms with Crippen LogP contribution >= 0.6 is 0 Å². The first kappa shape index (κ1) is 14.0. The van der Waals surface area contributed by atoms with Crippen molar-refractivity contribution >= 4 is 11.6 Å². The lowest BCUT2D eigenvalue weighted by molar-refractivity contribution is 0.0758. The molecule has 0 saturated carbocycles. The molecule has 2 N–H and O–H groups in total. The van der Waals surface area contributed by atoms with Crippen molar-refractivity contribution in [1.82, 2.24) is 14.7 Å². The minimum absolute atomic E-state index is 0.167.